The van der Waals surface area contributed by atoms with Gasteiger partial charge in [-0.25, -0.2) is 15.0 Å². The molecule has 62 heavy (non-hydrogen) atoms. The molecule has 3 nitrogen and oxygen atoms in total. The molecule has 9 aromatic carbocycles. The lowest BCUT2D eigenvalue weighted by atomic mass is 9.89. The van der Waals surface area contributed by atoms with Crippen molar-refractivity contribution in [2.75, 3.05) is 0 Å². The summed E-state index contributed by atoms with van der Waals surface area (Å²) in [5, 5.41) is 8.10. The molecule has 0 aliphatic carbocycles. The lowest BCUT2D eigenvalue weighted by Gasteiger charge is -2.16. The standard InChI is InChI=1S/C59H37N3/c1-4-15-41(16-5-1)53-33-29-44-36-52(50-32-35-54(42-17-6-2-7-18-42)62-59(50)58(44)61-53)49-31-30-45(47-22-12-13-23-48(47)49)39-24-26-40(27-25-39)51-37-56(43-19-8-3-9-20-43)60-55-34-28-38-14-10-11-21-46(38)57(51)55/h1-37H. The van der Waals surface area contributed by atoms with E-state index in [9.17, 15) is 0 Å². The van der Waals surface area contributed by atoms with E-state index in [0.717, 1.165) is 83.3 Å². The smallest absolute Gasteiger partial charge is 0.0978 e. The Kier molecular flexibility index (Phi) is 8.50. The van der Waals surface area contributed by atoms with Gasteiger partial charge in [0, 0.05) is 32.8 Å². The van der Waals surface area contributed by atoms with Crippen molar-refractivity contribution in [2.45, 2.75) is 0 Å². The molecule has 0 unspecified atom stereocenters. The SMILES string of the molecule is c1ccc(-c2cc(-c3ccc(-c4ccc(-c5cc6ccc(-c7ccccc7)nc6c6nc(-c7ccccc7)ccc56)c5ccccc45)cc3)c3c(ccc4ccccc43)n2)cc1. The topological polar surface area (TPSA) is 38.7 Å². The molecule has 0 N–H and O–H groups in total. The zero-order valence-electron chi connectivity index (χ0n) is 33.7. The van der Waals surface area contributed by atoms with Crippen LogP contribution in [0.4, 0.5) is 0 Å². The number of nitrogens with zero attached hydrogens (tertiary/aromatic N) is 3. The molecule has 0 amide bonds. The average molecular weight is 788 g/mol. The number of aromatic nitrogens is 3. The minimum atomic E-state index is 0.896. The summed E-state index contributed by atoms with van der Waals surface area (Å²) in [4.78, 5) is 15.8. The first-order chi connectivity index (χ1) is 30.7. The first-order valence-corrected chi connectivity index (χ1v) is 21.1. The van der Waals surface area contributed by atoms with Gasteiger partial charge in [-0.05, 0) is 91.3 Å². The van der Waals surface area contributed by atoms with Crippen LogP contribution in [0.2, 0.25) is 0 Å². The van der Waals surface area contributed by atoms with Gasteiger partial charge in [0.2, 0.25) is 0 Å². The number of rotatable bonds is 6. The molecule has 0 radical (unpaired) electrons. The van der Waals surface area contributed by atoms with Crippen molar-refractivity contribution >= 4 is 54.3 Å². The molecular formula is C59H37N3. The predicted molar refractivity (Wildman–Crippen MR) is 260 cm³/mol. The number of pyridine rings is 3. The summed E-state index contributed by atoms with van der Waals surface area (Å²) in [5.41, 5.74) is 15.9. The molecule has 3 heterocycles. The monoisotopic (exact) mass is 787 g/mol. The number of benzene rings is 9. The van der Waals surface area contributed by atoms with Crippen LogP contribution >= 0.6 is 0 Å². The van der Waals surface area contributed by atoms with Crippen molar-refractivity contribution in [3.8, 4) is 67.2 Å². The lowest BCUT2D eigenvalue weighted by Crippen LogP contribution is -1.94. The number of hydrogen-bond donors (Lipinski definition) is 0. The highest BCUT2D eigenvalue weighted by Crippen LogP contribution is 2.42. The molecule has 0 saturated carbocycles. The van der Waals surface area contributed by atoms with E-state index in [1.807, 2.05) is 12.1 Å². The number of hydrogen-bond acceptors (Lipinski definition) is 3. The molecule has 12 rings (SSSR count). The summed E-state index contributed by atoms with van der Waals surface area (Å²) in [6.45, 7) is 0. The fourth-order valence-electron chi connectivity index (χ4n) is 9.24. The molecule has 0 spiro atoms. The molecule has 0 fully saturated rings. The van der Waals surface area contributed by atoms with Gasteiger partial charge >= 0.3 is 0 Å². The minimum absolute atomic E-state index is 0.896. The van der Waals surface area contributed by atoms with Gasteiger partial charge in [-0.2, -0.15) is 0 Å². The molecule has 3 heteroatoms. The quantitative estimate of drug-likeness (QED) is 0.158. The summed E-state index contributed by atoms with van der Waals surface area (Å²) in [7, 11) is 0. The van der Waals surface area contributed by atoms with Gasteiger partial charge in [0.15, 0.2) is 0 Å². The molecule has 0 aliphatic heterocycles. The van der Waals surface area contributed by atoms with Crippen LogP contribution in [-0.4, -0.2) is 15.0 Å². The second-order valence-electron chi connectivity index (χ2n) is 15.9. The Morgan fingerprint density at radius 3 is 1.44 bits per heavy atom. The van der Waals surface area contributed by atoms with E-state index in [1.165, 1.54) is 38.1 Å². The second kappa shape index (κ2) is 14.8. The number of fused-ring (bicyclic) bond motifs is 7. The zero-order chi connectivity index (χ0) is 41.0. The van der Waals surface area contributed by atoms with Crippen LogP contribution in [0.25, 0.3) is 121 Å². The Morgan fingerprint density at radius 1 is 0.242 bits per heavy atom. The molecule has 12 aromatic rings. The summed E-state index contributed by atoms with van der Waals surface area (Å²) in [5.74, 6) is 0. The van der Waals surface area contributed by atoms with Crippen LogP contribution in [0.15, 0.2) is 224 Å². The van der Waals surface area contributed by atoms with Crippen molar-refractivity contribution in [1.29, 1.82) is 0 Å². The molecule has 288 valence electrons. The van der Waals surface area contributed by atoms with Crippen molar-refractivity contribution in [3.05, 3.63) is 224 Å². The lowest BCUT2D eigenvalue weighted by molar-refractivity contribution is 1.36. The van der Waals surface area contributed by atoms with E-state index in [2.05, 4.69) is 212 Å². The fourth-order valence-corrected chi connectivity index (χ4v) is 9.24. The summed E-state index contributed by atoms with van der Waals surface area (Å²) in [6.07, 6.45) is 0. The maximum Gasteiger partial charge on any atom is 0.0978 e. The van der Waals surface area contributed by atoms with E-state index in [-0.39, 0.29) is 0 Å². The summed E-state index contributed by atoms with van der Waals surface area (Å²) in [6, 6.07) is 79.9. The molecular weight excluding hydrogens is 751 g/mol. The highest BCUT2D eigenvalue weighted by atomic mass is 14.8. The van der Waals surface area contributed by atoms with Gasteiger partial charge < -0.3 is 0 Å². The van der Waals surface area contributed by atoms with Crippen LogP contribution in [0, 0.1) is 0 Å². The van der Waals surface area contributed by atoms with E-state index in [4.69, 9.17) is 15.0 Å². The van der Waals surface area contributed by atoms with E-state index < -0.39 is 0 Å². The third-order valence-electron chi connectivity index (χ3n) is 12.3. The van der Waals surface area contributed by atoms with Gasteiger partial charge in [0.1, 0.15) is 0 Å². The molecule has 0 saturated heterocycles. The van der Waals surface area contributed by atoms with Crippen LogP contribution in [-0.2, 0) is 0 Å². The van der Waals surface area contributed by atoms with Crippen LogP contribution in [0.5, 0.6) is 0 Å². The van der Waals surface area contributed by atoms with Crippen LogP contribution in [0.1, 0.15) is 0 Å². The first-order valence-electron chi connectivity index (χ1n) is 21.1. The maximum atomic E-state index is 5.36. The normalized spacial score (nSPS) is 11.5. The molecule has 0 bridgehead atoms. The van der Waals surface area contributed by atoms with Gasteiger partial charge in [-0.3, -0.25) is 0 Å². The van der Waals surface area contributed by atoms with Crippen LogP contribution in [0.3, 0.4) is 0 Å². The highest BCUT2D eigenvalue weighted by Gasteiger charge is 2.18. The average Bonchev–Trinajstić information content (AvgIpc) is 3.36. The van der Waals surface area contributed by atoms with Gasteiger partial charge in [-0.1, -0.05) is 188 Å². The highest BCUT2D eigenvalue weighted by molar-refractivity contribution is 6.16. The van der Waals surface area contributed by atoms with Crippen molar-refractivity contribution in [1.82, 2.24) is 15.0 Å². The van der Waals surface area contributed by atoms with E-state index >= 15 is 0 Å². The third-order valence-corrected chi connectivity index (χ3v) is 12.3. The van der Waals surface area contributed by atoms with Crippen molar-refractivity contribution < 1.29 is 0 Å². The van der Waals surface area contributed by atoms with E-state index in [1.54, 1.807) is 0 Å². The first kappa shape index (κ1) is 35.7. The van der Waals surface area contributed by atoms with Crippen molar-refractivity contribution in [3.63, 3.8) is 0 Å². The summed E-state index contributed by atoms with van der Waals surface area (Å²) < 4.78 is 0. The molecule has 3 aromatic heterocycles. The third kappa shape index (κ3) is 6.10. The Balaban J connectivity index is 1.01. The predicted octanol–water partition coefficient (Wildman–Crippen LogP) is 15.6. The largest absolute Gasteiger partial charge is 0.248 e. The van der Waals surface area contributed by atoms with Gasteiger partial charge in [0.05, 0.1) is 33.6 Å². The van der Waals surface area contributed by atoms with Crippen LogP contribution < -0.4 is 0 Å². The Hall–Kier alpha value is -8.27. The Morgan fingerprint density at radius 2 is 0.758 bits per heavy atom. The zero-order valence-corrected chi connectivity index (χ0v) is 33.7. The molecule has 0 atom stereocenters. The fraction of sp³-hybridized carbons (Fsp3) is 0. The Bertz CT molecular complexity index is 3660. The summed E-state index contributed by atoms with van der Waals surface area (Å²) >= 11 is 0. The minimum Gasteiger partial charge on any atom is -0.248 e. The maximum absolute atomic E-state index is 5.36. The Labute approximate surface area is 359 Å². The molecule has 0 aliphatic rings. The van der Waals surface area contributed by atoms with E-state index in [0.29, 0.717) is 0 Å². The van der Waals surface area contributed by atoms with Gasteiger partial charge in [-0.15, -0.1) is 0 Å². The second-order valence-corrected chi connectivity index (χ2v) is 15.9. The van der Waals surface area contributed by atoms with Gasteiger partial charge in [0.25, 0.3) is 0 Å². The van der Waals surface area contributed by atoms with Crippen molar-refractivity contribution in [2.24, 2.45) is 0 Å².